The smallest absolute Gasteiger partial charge is 0.273 e. The third kappa shape index (κ3) is 3.70. The van der Waals surface area contributed by atoms with Gasteiger partial charge in [0.25, 0.3) is 22.9 Å². The van der Waals surface area contributed by atoms with Gasteiger partial charge in [-0.15, -0.1) is 0 Å². The van der Waals surface area contributed by atoms with Crippen molar-refractivity contribution in [1.82, 2.24) is 30.2 Å². The molecule has 158 valence electrons. The Bertz CT molecular complexity index is 1450. The number of benzene rings is 2. The Morgan fingerprint density at radius 2 is 1.81 bits per heavy atom. The summed E-state index contributed by atoms with van der Waals surface area (Å²) in [4.78, 5) is 53.7. The molecule has 2 amide bonds. The maximum absolute atomic E-state index is 12.5. The van der Waals surface area contributed by atoms with Gasteiger partial charge in [0.05, 0.1) is 21.8 Å². The molecule has 0 bridgehead atoms. The second-order valence-corrected chi connectivity index (χ2v) is 6.99. The van der Waals surface area contributed by atoms with E-state index in [1.165, 1.54) is 12.1 Å². The van der Waals surface area contributed by atoms with Crippen LogP contribution in [0.2, 0.25) is 0 Å². The summed E-state index contributed by atoms with van der Waals surface area (Å²) in [5.41, 5.74) is 5.49. The van der Waals surface area contributed by atoms with Crippen LogP contribution in [0.4, 0.5) is 0 Å². The van der Waals surface area contributed by atoms with Gasteiger partial charge in [-0.1, -0.05) is 12.1 Å². The fourth-order valence-electron chi connectivity index (χ4n) is 3.53. The number of carbonyl (C=O) groups excluding carboxylic acids is 2. The molecule has 4 aromatic rings. The van der Waals surface area contributed by atoms with Gasteiger partial charge >= 0.3 is 0 Å². The lowest BCUT2D eigenvalue weighted by Crippen LogP contribution is -2.45. The first-order valence-electron chi connectivity index (χ1n) is 9.67. The van der Waals surface area contributed by atoms with Gasteiger partial charge in [0.1, 0.15) is 12.4 Å². The van der Waals surface area contributed by atoms with Crippen LogP contribution in [-0.4, -0.2) is 31.1 Å². The largest absolute Gasteiger partial charge is 0.329 e. The lowest BCUT2D eigenvalue weighted by molar-refractivity contribution is -0.122. The zero-order valence-electron chi connectivity index (χ0n) is 16.9. The van der Waals surface area contributed by atoms with Crippen LogP contribution in [0.25, 0.3) is 21.8 Å². The predicted molar refractivity (Wildman–Crippen MR) is 115 cm³/mol. The predicted octanol–water partition coefficient (Wildman–Crippen LogP) is 0.829. The molecule has 0 atom stereocenters. The normalized spacial score (nSPS) is 11.0. The molecule has 2 aromatic heterocycles. The first-order chi connectivity index (χ1) is 14.9. The fourth-order valence-corrected chi connectivity index (χ4v) is 3.53. The highest BCUT2D eigenvalue weighted by Crippen LogP contribution is 2.17. The highest BCUT2D eigenvalue weighted by atomic mass is 16.2. The highest BCUT2D eigenvalue weighted by Gasteiger charge is 2.13. The lowest BCUT2D eigenvalue weighted by atomic mass is 10.2. The Labute approximate surface area is 175 Å². The summed E-state index contributed by atoms with van der Waals surface area (Å²) in [6.07, 6.45) is 0. The lowest BCUT2D eigenvalue weighted by Gasteiger charge is -2.09. The number of aromatic amines is 1. The van der Waals surface area contributed by atoms with Gasteiger partial charge in [0, 0.05) is 12.1 Å². The molecular formula is C21H20N6O4. The maximum Gasteiger partial charge on any atom is 0.273 e. The quantitative estimate of drug-likeness (QED) is 0.421. The van der Waals surface area contributed by atoms with Crippen LogP contribution in [0.1, 0.15) is 23.1 Å². The molecule has 0 saturated heterocycles. The SMILES string of the molecule is CCn1c(C)nc2cc(C(=O)NNC(=O)Cn3[nH]c(=O)c4ccccc4c3=O)ccc21. The summed E-state index contributed by atoms with van der Waals surface area (Å²) in [6, 6.07) is 11.4. The van der Waals surface area contributed by atoms with Crippen LogP contribution in [0.3, 0.4) is 0 Å². The van der Waals surface area contributed by atoms with E-state index in [1.54, 1.807) is 30.3 Å². The molecule has 2 aromatic carbocycles. The van der Waals surface area contributed by atoms with Crippen LogP contribution >= 0.6 is 0 Å². The number of carbonyl (C=O) groups is 2. The Morgan fingerprint density at radius 1 is 1.06 bits per heavy atom. The molecule has 0 saturated carbocycles. The minimum absolute atomic E-state index is 0.207. The zero-order chi connectivity index (χ0) is 22.1. The fraction of sp³-hybridized carbons (Fsp3) is 0.190. The maximum atomic E-state index is 12.5. The van der Waals surface area contributed by atoms with Crippen molar-refractivity contribution in [1.29, 1.82) is 0 Å². The van der Waals surface area contributed by atoms with Crippen molar-refractivity contribution in [3.05, 3.63) is 74.6 Å². The van der Waals surface area contributed by atoms with Crippen molar-refractivity contribution >= 4 is 33.6 Å². The van der Waals surface area contributed by atoms with Crippen LogP contribution in [0.15, 0.2) is 52.1 Å². The van der Waals surface area contributed by atoms with E-state index in [9.17, 15) is 19.2 Å². The van der Waals surface area contributed by atoms with E-state index in [-0.39, 0.29) is 10.8 Å². The number of fused-ring (bicyclic) bond motifs is 2. The Balaban J connectivity index is 1.47. The summed E-state index contributed by atoms with van der Waals surface area (Å²) in [5, 5.41) is 2.82. The Kier molecular flexibility index (Phi) is 5.12. The summed E-state index contributed by atoms with van der Waals surface area (Å²) in [6.45, 7) is 4.21. The number of hydrogen-bond acceptors (Lipinski definition) is 5. The molecule has 0 unspecified atom stereocenters. The van der Waals surface area contributed by atoms with E-state index in [2.05, 4.69) is 20.9 Å². The molecule has 0 fully saturated rings. The second kappa shape index (κ2) is 7.90. The minimum Gasteiger partial charge on any atom is -0.329 e. The number of H-pyrrole nitrogens is 1. The van der Waals surface area contributed by atoms with Crippen molar-refractivity contribution in [2.75, 3.05) is 0 Å². The molecule has 0 aliphatic heterocycles. The number of nitrogens with zero attached hydrogens (tertiary/aromatic N) is 3. The van der Waals surface area contributed by atoms with E-state index in [0.29, 0.717) is 11.1 Å². The molecule has 3 N–H and O–H groups in total. The van der Waals surface area contributed by atoms with Crippen molar-refractivity contribution in [2.24, 2.45) is 0 Å². The summed E-state index contributed by atoms with van der Waals surface area (Å²) in [7, 11) is 0. The van der Waals surface area contributed by atoms with Crippen molar-refractivity contribution in [3.63, 3.8) is 0 Å². The van der Waals surface area contributed by atoms with Crippen LogP contribution in [0, 0.1) is 6.92 Å². The molecule has 0 radical (unpaired) electrons. The van der Waals surface area contributed by atoms with Crippen molar-refractivity contribution < 1.29 is 9.59 Å². The third-order valence-electron chi connectivity index (χ3n) is 5.02. The summed E-state index contributed by atoms with van der Waals surface area (Å²) >= 11 is 0. The number of amides is 2. The average Bonchev–Trinajstić information content (AvgIpc) is 3.09. The highest BCUT2D eigenvalue weighted by molar-refractivity contribution is 5.98. The molecule has 4 rings (SSSR count). The van der Waals surface area contributed by atoms with E-state index in [4.69, 9.17) is 0 Å². The molecule has 0 aliphatic carbocycles. The number of aromatic nitrogens is 4. The van der Waals surface area contributed by atoms with E-state index >= 15 is 0 Å². The molecule has 2 heterocycles. The van der Waals surface area contributed by atoms with Gasteiger partial charge in [0.2, 0.25) is 0 Å². The summed E-state index contributed by atoms with van der Waals surface area (Å²) < 4.78 is 2.93. The van der Waals surface area contributed by atoms with Crippen LogP contribution in [-0.2, 0) is 17.9 Å². The molecule has 10 heteroatoms. The number of aryl methyl sites for hydroxylation is 2. The van der Waals surface area contributed by atoms with Gasteiger partial charge in [-0.2, -0.15) is 0 Å². The van der Waals surface area contributed by atoms with Crippen LogP contribution < -0.4 is 22.0 Å². The van der Waals surface area contributed by atoms with Crippen LogP contribution in [0.5, 0.6) is 0 Å². The summed E-state index contributed by atoms with van der Waals surface area (Å²) in [5.74, 6) is -0.356. The first-order valence-corrected chi connectivity index (χ1v) is 9.67. The molecule has 0 aliphatic rings. The zero-order valence-corrected chi connectivity index (χ0v) is 16.9. The molecule has 31 heavy (non-hydrogen) atoms. The van der Waals surface area contributed by atoms with Gasteiger partial charge in [-0.3, -0.25) is 35.1 Å². The topological polar surface area (TPSA) is 131 Å². The third-order valence-corrected chi connectivity index (χ3v) is 5.02. The van der Waals surface area contributed by atoms with Gasteiger partial charge in [0.15, 0.2) is 0 Å². The number of rotatable bonds is 4. The monoisotopic (exact) mass is 420 g/mol. The van der Waals surface area contributed by atoms with E-state index in [1.807, 2.05) is 18.4 Å². The Morgan fingerprint density at radius 3 is 2.55 bits per heavy atom. The minimum atomic E-state index is -0.673. The molecule has 10 nitrogen and oxygen atoms in total. The van der Waals surface area contributed by atoms with Gasteiger partial charge in [-0.05, 0) is 44.2 Å². The van der Waals surface area contributed by atoms with Gasteiger partial charge < -0.3 is 4.57 Å². The number of hydrazine groups is 1. The second-order valence-electron chi connectivity index (χ2n) is 6.99. The van der Waals surface area contributed by atoms with E-state index < -0.39 is 29.5 Å². The standard InChI is InChI=1S/C21H20N6O4/c1-3-26-12(2)22-16-10-13(8-9-17(16)26)19(29)24-23-18(28)11-27-21(31)15-7-5-4-6-14(15)20(30)25-27/h4-10H,3,11H2,1-2H3,(H,23,28)(H,24,29)(H,25,30). The number of nitrogens with one attached hydrogen (secondary N) is 3. The van der Waals surface area contributed by atoms with Crippen molar-refractivity contribution in [3.8, 4) is 0 Å². The number of hydrogen-bond donors (Lipinski definition) is 3. The van der Waals surface area contributed by atoms with E-state index in [0.717, 1.165) is 22.6 Å². The first kappa shape index (κ1) is 20.1. The molecular weight excluding hydrogens is 400 g/mol. The number of imidazole rings is 1. The molecule has 0 spiro atoms. The Hall–Kier alpha value is -4.21. The van der Waals surface area contributed by atoms with Gasteiger partial charge in [-0.25, -0.2) is 9.67 Å². The van der Waals surface area contributed by atoms with Crippen molar-refractivity contribution in [2.45, 2.75) is 26.9 Å². The average molecular weight is 420 g/mol.